The normalized spacial score (nSPS) is 21.0. The third kappa shape index (κ3) is 3.19. The molecule has 2 fully saturated rings. The number of rotatable bonds is 4. The summed E-state index contributed by atoms with van der Waals surface area (Å²) in [5, 5.41) is 4.59. The van der Waals surface area contributed by atoms with Crippen molar-refractivity contribution in [2.45, 2.75) is 63.8 Å². The Morgan fingerprint density at radius 3 is 2.68 bits per heavy atom. The van der Waals surface area contributed by atoms with Crippen molar-refractivity contribution in [3.8, 4) is 0 Å². The minimum atomic E-state index is -0.231. The van der Waals surface area contributed by atoms with E-state index in [1.807, 2.05) is 6.92 Å². The zero-order valence-electron chi connectivity index (χ0n) is 13.4. The molecule has 1 aromatic rings. The number of aromatic nitrogens is 2. The quantitative estimate of drug-likeness (QED) is 0.799. The summed E-state index contributed by atoms with van der Waals surface area (Å²) in [5.41, 5.74) is 1.76. The molecule has 0 atom stereocenters. The molecule has 5 nitrogen and oxygen atoms in total. The molecule has 3 rings (SSSR count). The van der Waals surface area contributed by atoms with E-state index in [0.29, 0.717) is 24.1 Å². The van der Waals surface area contributed by atoms with Crippen LogP contribution in [0.1, 0.15) is 79.9 Å². The molecule has 1 aliphatic carbocycles. The number of esters is 1. The van der Waals surface area contributed by atoms with E-state index in [9.17, 15) is 4.79 Å². The molecule has 0 radical (unpaired) electrons. The number of hydrogen-bond donors (Lipinski definition) is 0. The van der Waals surface area contributed by atoms with Gasteiger partial charge in [0.05, 0.1) is 24.5 Å². The molecule has 0 unspecified atom stereocenters. The number of carbonyl (C=O) groups is 1. The number of carbonyl (C=O) groups excluding carboxylic acids is 1. The van der Waals surface area contributed by atoms with Crippen molar-refractivity contribution >= 4 is 5.97 Å². The molecule has 2 aliphatic rings. The highest BCUT2D eigenvalue weighted by Gasteiger charge is 2.30. The summed E-state index contributed by atoms with van der Waals surface area (Å²) >= 11 is 0. The van der Waals surface area contributed by atoms with Crippen LogP contribution in [0.15, 0.2) is 6.20 Å². The van der Waals surface area contributed by atoms with E-state index in [-0.39, 0.29) is 5.97 Å². The minimum Gasteiger partial charge on any atom is -0.462 e. The molecular formula is C17H26N2O3. The monoisotopic (exact) mass is 306 g/mol. The molecule has 5 heteroatoms. The summed E-state index contributed by atoms with van der Waals surface area (Å²) in [7, 11) is 0. The number of ether oxygens (including phenoxy) is 2. The first-order valence-corrected chi connectivity index (χ1v) is 8.63. The first kappa shape index (κ1) is 15.5. The summed E-state index contributed by atoms with van der Waals surface area (Å²) in [5.74, 6) is 0.128. The van der Waals surface area contributed by atoms with Crippen LogP contribution < -0.4 is 0 Å². The van der Waals surface area contributed by atoms with Crippen LogP contribution in [0.5, 0.6) is 0 Å². The Morgan fingerprint density at radius 1 is 1.27 bits per heavy atom. The van der Waals surface area contributed by atoms with Crippen LogP contribution in [-0.2, 0) is 9.47 Å². The van der Waals surface area contributed by atoms with E-state index in [1.54, 1.807) is 6.20 Å². The predicted octanol–water partition coefficient (Wildman–Crippen LogP) is 3.46. The summed E-state index contributed by atoms with van der Waals surface area (Å²) in [6, 6.07) is 0.440. The smallest absolute Gasteiger partial charge is 0.341 e. The van der Waals surface area contributed by atoms with E-state index >= 15 is 0 Å². The lowest BCUT2D eigenvalue weighted by Crippen LogP contribution is -2.23. The summed E-state index contributed by atoms with van der Waals surface area (Å²) in [4.78, 5) is 12.3. The second kappa shape index (κ2) is 7.27. The first-order valence-electron chi connectivity index (χ1n) is 8.63. The van der Waals surface area contributed by atoms with E-state index in [0.717, 1.165) is 31.7 Å². The standard InChI is InChI=1S/C17H26N2O3/c1-2-22-17(20)15-12-18-19(14-6-4-3-5-7-14)16(15)13-8-10-21-11-9-13/h12-14H,2-11H2,1H3. The van der Waals surface area contributed by atoms with Gasteiger partial charge in [-0.2, -0.15) is 5.10 Å². The summed E-state index contributed by atoms with van der Waals surface area (Å²) in [6.45, 7) is 3.78. The molecule has 0 bridgehead atoms. The van der Waals surface area contributed by atoms with Gasteiger partial charge in [-0.15, -0.1) is 0 Å². The minimum absolute atomic E-state index is 0.231. The third-order valence-corrected chi connectivity index (χ3v) is 4.86. The number of nitrogens with zero attached hydrogens (tertiary/aromatic N) is 2. The Labute approximate surface area is 132 Å². The van der Waals surface area contributed by atoms with Crippen LogP contribution in [0.4, 0.5) is 0 Å². The Balaban J connectivity index is 1.92. The van der Waals surface area contributed by atoms with Gasteiger partial charge in [-0.3, -0.25) is 4.68 Å². The van der Waals surface area contributed by atoms with Gasteiger partial charge in [-0.05, 0) is 32.6 Å². The van der Waals surface area contributed by atoms with Crippen LogP contribution in [-0.4, -0.2) is 35.6 Å². The zero-order chi connectivity index (χ0) is 15.4. The van der Waals surface area contributed by atoms with Gasteiger partial charge in [0.25, 0.3) is 0 Å². The molecule has 2 heterocycles. The Kier molecular flexibility index (Phi) is 5.13. The maximum atomic E-state index is 12.3. The molecule has 0 spiro atoms. The van der Waals surface area contributed by atoms with Gasteiger partial charge in [0.2, 0.25) is 0 Å². The maximum Gasteiger partial charge on any atom is 0.341 e. The van der Waals surface area contributed by atoms with Gasteiger partial charge >= 0.3 is 5.97 Å². The molecule has 122 valence electrons. The second-order valence-corrected chi connectivity index (χ2v) is 6.29. The highest BCUT2D eigenvalue weighted by atomic mass is 16.5. The molecule has 1 aliphatic heterocycles. The lowest BCUT2D eigenvalue weighted by molar-refractivity contribution is 0.0518. The molecule has 22 heavy (non-hydrogen) atoms. The van der Waals surface area contributed by atoms with Crippen LogP contribution in [0.25, 0.3) is 0 Å². The second-order valence-electron chi connectivity index (χ2n) is 6.29. The lowest BCUT2D eigenvalue weighted by Gasteiger charge is -2.29. The van der Waals surface area contributed by atoms with Crippen molar-refractivity contribution in [2.24, 2.45) is 0 Å². The van der Waals surface area contributed by atoms with Crippen LogP contribution in [0.2, 0.25) is 0 Å². The fourth-order valence-electron chi connectivity index (χ4n) is 3.73. The SMILES string of the molecule is CCOC(=O)c1cnn(C2CCCCC2)c1C1CCOCC1. The van der Waals surface area contributed by atoms with Gasteiger partial charge in [0.1, 0.15) is 5.56 Å². The summed E-state index contributed by atoms with van der Waals surface area (Å²) in [6.07, 6.45) is 9.81. The van der Waals surface area contributed by atoms with Crippen molar-refractivity contribution < 1.29 is 14.3 Å². The van der Waals surface area contributed by atoms with Crippen LogP contribution >= 0.6 is 0 Å². The molecule has 0 amide bonds. The highest BCUT2D eigenvalue weighted by molar-refractivity contribution is 5.90. The van der Waals surface area contributed by atoms with Crippen molar-refractivity contribution in [3.05, 3.63) is 17.5 Å². The first-order chi connectivity index (χ1) is 10.8. The van der Waals surface area contributed by atoms with E-state index < -0.39 is 0 Å². The van der Waals surface area contributed by atoms with Gasteiger partial charge in [-0.25, -0.2) is 4.79 Å². The lowest BCUT2D eigenvalue weighted by atomic mass is 9.91. The molecule has 0 aromatic carbocycles. The Bertz CT molecular complexity index is 500. The molecule has 1 saturated carbocycles. The van der Waals surface area contributed by atoms with Crippen molar-refractivity contribution in [1.82, 2.24) is 9.78 Å². The van der Waals surface area contributed by atoms with Crippen LogP contribution in [0, 0.1) is 0 Å². The van der Waals surface area contributed by atoms with Gasteiger partial charge < -0.3 is 9.47 Å². The van der Waals surface area contributed by atoms with E-state index in [1.165, 1.54) is 32.1 Å². The van der Waals surface area contributed by atoms with Gasteiger partial charge in [0.15, 0.2) is 0 Å². The van der Waals surface area contributed by atoms with E-state index in [4.69, 9.17) is 9.47 Å². The predicted molar refractivity (Wildman–Crippen MR) is 83.1 cm³/mol. The molecule has 0 N–H and O–H groups in total. The zero-order valence-corrected chi connectivity index (χ0v) is 13.4. The van der Waals surface area contributed by atoms with Gasteiger partial charge in [0, 0.05) is 19.1 Å². The largest absolute Gasteiger partial charge is 0.462 e. The van der Waals surface area contributed by atoms with Crippen molar-refractivity contribution in [1.29, 1.82) is 0 Å². The highest BCUT2D eigenvalue weighted by Crippen LogP contribution is 2.35. The van der Waals surface area contributed by atoms with Crippen molar-refractivity contribution in [2.75, 3.05) is 19.8 Å². The number of hydrogen-bond acceptors (Lipinski definition) is 4. The molecule has 1 aromatic heterocycles. The fraction of sp³-hybridized carbons (Fsp3) is 0.765. The average molecular weight is 306 g/mol. The van der Waals surface area contributed by atoms with Gasteiger partial charge in [-0.1, -0.05) is 19.3 Å². The average Bonchev–Trinajstić information content (AvgIpc) is 3.02. The third-order valence-electron chi connectivity index (χ3n) is 4.86. The van der Waals surface area contributed by atoms with Crippen LogP contribution in [0.3, 0.4) is 0 Å². The molecule has 1 saturated heterocycles. The van der Waals surface area contributed by atoms with Crippen molar-refractivity contribution in [3.63, 3.8) is 0 Å². The summed E-state index contributed by atoms with van der Waals surface area (Å²) < 4.78 is 12.9. The Morgan fingerprint density at radius 2 is 2.00 bits per heavy atom. The maximum absolute atomic E-state index is 12.3. The topological polar surface area (TPSA) is 53.3 Å². The molecular weight excluding hydrogens is 280 g/mol. The fourth-order valence-corrected chi connectivity index (χ4v) is 3.73. The Hall–Kier alpha value is -1.36. The van der Waals surface area contributed by atoms with E-state index in [2.05, 4.69) is 9.78 Å².